The third-order valence-corrected chi connectivity index (χ3v) is 2.10. The molecule has 0 aromatic rings. The van der Waals surface area contributed by atoms with E-state index in [1.54, 1.807) is 13.8 Å². The van der Waals surface area contributed by atoms with Crippen LogP contribution in [0.3, 0.4) is 0 Å². The topological polar surface area (TPSA) is 76.7 Å². The first-order valence-electron chi connectivity index (χ1n) is 6.43. The second-order valence-corrected chi connectivity index (χ2v) is 3.61. The second-order valence-electron chi connectivity index (χ2n) is 3.61. The first kappa shape index (κ1) is 16.9. The summed E-state index contributed by atoms with van der Waals surface area (Å²) in [6.07, 6.45) is 0.771. The molecule has 0 atom stereocenters. The molecule has 18 heavy (non-hydrogen) atoms. The number of nitrogens with one attached hydrogen (secondary N) is 2. The Kier molecular flexibility index (Phi) is 11.5. The van der Waals surface area contributed by atoms with Crippen molar-refractivity contribution < 1.29 is 19.1 Å². The Morgan fingerprint density at radius 2 is 1.17 bits per heavy atom. The van der Waals surface area contributed by atoms with Crippen molar-refractivity contribution in [2.75, 3.05) is 39.4 Å². The van der Waals surface area contributed by atoms with E-state index >= 15 is 0 Å². The van der Waals surface area contributed by atoms with Crippen molar-refractivity contribution in [3.8, 4) is 0 Å². The van der Waals surface area contributed by atoms with Crippen LogP contribution < -0.4 is 10.6 Å². The lowest BCUT2D eigenvalue weighted by Crippen LogP contribution is -2.30. The quantitative estimate of drug-likeness (QED) is 0.404. The maximum atomic E-state index is 11.0. The molecule has 0 aromatic carbocycles. The summed E-state index contributed by atoms with van der Waals surface area (Å²) in [5.41, 5.74) is 0. The van der Waals surface area contributed by atoms with E-state index in [9.17, 15) is 9.59 Å². The number of ether oxygens (including phenoxy) is 2. The molecule has 0 spiro atoms. The van der Waals surface area contributed by atoms with Gasteiger partial charge in [0.05, 0.1) is 26.1 Å². The maximum Gasteiger partial charge on any atom is 0.307 e. The van der Waals surface area contributed by atoms with Gasteiger partial charge in [-0.2, -0.15) is 0 Å². The van der Waals surface area contributed by atoms with Crippen molar-refractivity contribution in [2.45, 2.75) is 26.7 Å². The SMILES string of the molecule is CCOC(=O)CCNCCNCCC(=O)OCC. The fourth-order valence-electron chi connectivity index (χ4n) is 1.27. The normalized spacial score (nSPS) is 10.1. The molecule has 6 heteroatoms. The zero-order valence-corrected chi connectivity index (χ0v) is 11.3. The number of rotatable bonds is 11. The van der Waals surface area contributed by atoms with E-state index in [0.29, 0.717) is 39.1 Å². The monoisotopic (exact) mass is 260 g/mol. The van der Waals surface area contributed by atoms with Crippen molar-refractivity contribution in [2.24, 2.45) is 0 Å². The van der Waals surface area contributed by atoms with Gasteiger partial charge in [-0.05, 0) is 13.8 Å². The van der Waals surface area contributed by atoms with Crippen LogP contribution in [-0.4, -0.2) is 51.3 Å². The summed E-state index contributed by atoms with van der Waals surface area (Å²) in [5, 5.41) is 6.22. The van der Waals surface area contributed by atoms with Crippen molar-refractivity contribution in [3.05, 3.63) is 0 Å². The van der Waals surface area contributed by atoms with Crippen molar-refractivity contribution in [1.82, 2.24) is 10.6 Å². The van der Waals surface area contributed by atoms with Gasteiger partial charge >= 0.3 is 11.9 Å². The van der Waals surface area contributed by atoms with Gasteiger partial charge in [0.1, 0.15) is 0 Å². The molecule has 0 bridgehead atoms. The third-order valence-electron chi connectivity index (χ3n) is 2.10. The van der Waals surface area contributed by atoms with Gasteiger partial charge in [0.15, 0.2) is 0 Å². The molecule has 0 saturated heterocycles. The summed E-state index contributed by atoms with van der Waals surface area (Å²) in [6, 6.07) is 0. The molecule has 0 saturated carbocycles. The van der Waals surface area contributed by atoms with Crippen LogP contribution >= 0.6 is 0 Å². The van der Waals surface area contributed by atoms with Crippen molar-refractivity contribution in [1.29, 1.82) is 0 Å². The summed E-state index contributed by atoms with van der Waals surface area (Å²) >= 11 is 0. The lowest BCUT2D eigenvalue weighted by molar-refractivity contribution is -0.143. The van der Waals surface area contributed by atoms with Crippen LogP contribution in [0.15, 0.2) is 0 Å². The average Bonchev–Trinajstić information content (AvgIpc) is 2.33. The van der Waals surface area contributed by atoms with Crippen molar-refractivity contribution >= 4 is 11.9 Å². The van der Waals surface area contributed by atoms with Crippen molar-refractivity contribution in [3.63, 3.8) is 0 Å². The minimum absolute atomic E-state index is 0.180. The average molecular weight is 260 g/mol. The Labute approximate surface area is 108 Å². The first-order valence-corrected chi connectivity index (χ1v) is 6.43. The molecule has 0 amide bonds. The smallest absolute Gasteiger partial charge is 0.307 e. The fraction of sp³-hybridized carbons (Fsp3) is 0.833. The number of hydrogen-bond acceptors (Lipinski definition) is 6. The zero-order valence-electron chi connectivity index (χ0n) is 11.3. The highest BCUT2D eigenvalue weighted by molar-refractivity contribution is 5.69. The Hall–Kier alpha value is -1.14. The number of carbonyl (C=O) groups excluding carboxylic acids is 2. The zero-order chi connectivity index (χ0) is 13.6. The lowest BCUT2D eigenvalue weighted by Gasteiger charge is -2.06. The highest BCUT2D eigenvalue weighted by atomic mass is 16.5. The van der Waals surface area contributed by atoms with Gasteiger partial charge in [-0.3, -0.25) is 9.59 Å². The molecule has 0 aliphatic carbocycles. The molecule has 0 unspecified atom stereocenters. The predicted octanol–water partition coefficient (Wildman–Crippen LogP) is 0.0720. The Bertz CT molecular complexity index is 210. The molecule has 106 valence electrons. The molecule has 0 aromatic heterocycles. The molecule has 2 N–H and O–H groups in total. The molecule has 0 aliphatic rings. The molecule has 0 fully saturated rings. The number of esters is 2. The van der Waals surface area contributed by atoms with E-state index < -0.39 is 0 Å². The van der Waals surface area contributed by atoms with Gasteiger partial charge in [0.25, 0.3) is 0 Å². The van der Waals surface area contributed by atoms with E-state index in [1.165, 1.54) is 0 Å². The van der Waals surface area contributed by atoms with Crippen LogP contribution in [0.5, 0.6) is 0 Å². The van der Waals surface area contributed by atoms with Gasteiger partial charge in [-0.25, -0.2) is 0 Å². The molecule has 0 rings (SSSR count). The second kappa shape index (κ2) is 12.3. The van der Waals surface area contributed by atoms with Gasteiger partial charge in [-0.1, -0.05) is 0 Å². The van der Waals surface area contributed by atoms with E-state index in [2.05, 4.69) is 10.6 Å². The van der Waals surface area contributed by atoms with Crippen LogP contribution in [0.1, 0.15) is 26.7 Å². The third kappa shape index (κ3) is 11.3. The van der Waals surface area contributed by atoms with E-state index in [0.717, 1.165) is 13.1 Å². The lowest BCUT2D eigenvalue weighted by atomic mass is 10.4. The Balaban J connectivity index is 3.16. The summed E-state index contributed by atoms with van der Waals surface area (Å²) < 4.78 is 9.58. The summed E-state index contributed by atoms with van der Waals surface area (Å²) in [4.78, 5) is 22.0. The van der Waals surface area contributed by atoms with Crippen LogP contribution in [-0.2, 0) is 19.1 Å². The van der Waals surface area contributed by atoms with Crippen LogP contribution in [0, 0.1) is 0 Å². The molecule has 6 nitrogen and oxygen atoms in total. The fourth-order valence-corrected chi connectivity index (χ4v) is 1.27. The Morgan fingerprint density at radius 3 is 1.50 bits per heavy atom. The highest BCUT2D eigenvalue weighted by Crippen LogP contribution is 1.84. The summed E-state index contributed by atoms with van der Waals surface area (Å²) in [6.45, 7) is 7.15. The van der Waals surface area contributed by atoms with Gasteiger partial charge < -0.3 is 20.1 Å². The first-order chi connectivity index (χ1) is 8.70. The predicted molar refractivity (Wildman–Crippen MR) is 68.2 cm³/mol. The molecular formula is C12H24N2O4. The molecule has 0 heterocycles. The Morgan fingerprint density at radius 1 is 0.778 bits per heavy atom. The minimum atomic E-state index is -0.180. The molecule has 0 radical (unpaired) electrons. The summed E-state index contributed by atoms with van der Waals surface area (Å²) in [5.74, 6) is -0.361. The maximum absolute atomic E-state index is 11.0. The van der Waals surface area contributed by atoms with Crippen LogP contribution in [0.2, 0.25) is 0 Å². The van der Waals surface area contributed by atoms with Gasteiger partial charge in [-0.15, -0.1) is 0 Å². The van der Waals surface area contributed by atoms with E-state index in [-0.39, 0.29) is 11.9 Å². The van der Waals surface area contributed by atoms with E-state index in [1.807, 2.05) is 0 Å². The van der Waals surface area contributed by atoms with E-state index in [4.69, 9.17) is 9.47 Å². The van der Waals surface area contributed by atoms with Gasteiger partial charge in [0.2, 0.25) is 0 Å². The number of hydrogen-bond donors (Lipinski definition) is 2. The number of carbonyl (C=O) groups is 2. The highest BCUT2D eigenvalue weighted by Gasteiger charge is 2.01. The summed E-state index contributed by atoms with van der Waals surface area (Å²) in [7, 11) is 0. The van der Waals surface area contributed by atoms with Gasteiger partial charge in [0, 0.05) is 26.2 Å². The largest absolute Gasteiger partial charge is 0.466 e. The van der Waals surface area contributed by atoms with Crippen LogP contribution in [0.4, 0.5) is 0 Å². The molecular weight excluding hydrogens is 236 g/mol. The van der Waals surface area contributed by atoms with Crippen LogP contribution in [0.25, 0.3) is 0 Å². The molecule has 0 aliphatic heterocycles. The minimum Gasteiger partial charge on any atom is -0.466 e. The standard InChI is InChI=1S/C12H24N2O4/c1-3-17-11(15)5-7-13-9-10-14-8-6-12(16)18-4-2/h13-14H,3-10H2,1-2H3.